The van der Waals surface area contributed by atoms with Crippen molar-refractivity contribution < 1.29 is 4.74 Å². The molecule has 2 aromatic rings. The summed E-state index contributed by atoms with van der Waals surface area (Å²) < 4.78 is 7.49. The van der Waals surface area contributed by atoms with Crippen molar-refractivity contribution in [3.63, 3.8) is 0 Å². The number of nitrogens with zero attached hydrogens (tertiary/aromatic N) is 2. The first kappa shape index (κ1) is 15.7. The molecule has 1 heterocycles. The van der Waals surface area contributed by atoms with Crippen LogP contribution in [0.2, 0.25) is 0 Å². The molecule has 0 aliphatic carbocycles. The molecule has 4 heteroatoms. The molecule has 21 heavy (non-hydrogen) atoms. The molecule has 2 rings (SSSR count). The third-order valence-corrected chi connectivity index (χ3v) is 3.15. The number of aromatic nitrogens is 2. The van der Waals surface area contributed by atoms with Crippen molar-refractivity contribution >= 4 is 0 Å². The molecule has 0 aliphatic rings. The Balaban J connectivity index is 1.66. The Morgan fingerprint density at radius 1 is 1.19 bits per heavy atom. The fourth-order valence-electron chi connectivity index (χ4n) is 2.10. The molecule has 0 spiro atoms. The topological polar surface area (TPSA) is 39.1 Å². The van der Waals surface area contributed by atoms with Crippen LogP contribution < -0.4 is 5.32 Å². The normalized spacial score (nSPS) is 11.2. The van der Waals surface area contributed by atoms with E-state index in [4.69, 9.17) is 4.74 Å². The van der Waals surface area contributed by atoms with E-state index in [2.05, 4.69) is 54.7 Å². The predicted octanol–water partition coefficient (Wildman–Crippen LogP) is 2.84. The first-order chi connectivity index (χ1) is 10.2. The standard InChI is InChI=1S/C17H25N3O/c1-15(2)21-10-6-9-18-11-17-12-19-20(14-17)13-16-7-4-3-5-8-16/h3-5,7-8,12,14-15,18H,6,9-11,13H2,1-2H3. The summed E-state index contributed by atoms with van der Waals surface area (Å²) in [5.41, 5.74) is 2.49. The Morgan fingerprint density at radius 3 is 2.76 bits per heavy atom. The van der Waals surface area contributed by atoms with Gasteiger partial charge in [-0.05, 0) is 32.4 Å². The van der Waals surface area contributed by atoms with Crippen molar-refractivity contribution in [1.29, 1.82) is 0 Å². The summed E-state index contributed by atoms with van der Waals surface area (Å²) in [6.45, 7) is 7.59. The highest BCUT2D eigenvalue weighted by atomic mass is 16.5. The second kappa shape index (κ2) is 8.60. The second-order valence-corrected chi connectivity index (χ2v) is 5.48. The highest BCUT2D eigenvalue weighted by Gasteiger charge is 2.00. The summed E-state index contributed by atoms with van der Waals surface area (Å²) in [7, 11) is 0. The third kappa shape index (κ3) is 6.10. The zero-order valence-electron chi connectivity index (χ0n) is 13.0. The smallest absolute Gasteiger partial charge is 0.0659 e. The molecule has 1 N–H and O–H groups in total. The van der Waals surface area contributed by atoms with E-state index in [9.17, 15) is 0 Å². The van der Waals surface area contributed by atoms with Gasteiger partial charge in [0.2, 0.25) is 0 Å². The molecular formula is C17H25N3O. The summed E-state index contributed by atoms with van der Waals surface area (Å²) in [5.74, 6) is 0. The monoisotopic (exact) mass is 287 g/mol. The highest BCUT2D eigenvalue weighted by Crippen LogP contribution is 2.03. The molecule has 0 saturated carbocycles. The Bertz CT molecular complexity index is 508. The summed E-state index contributed by atoms with van der Waals surface area (Å²) in [6.07, 6.45) is 5.39. The quantitative estimate of drug-likeness (QED) is 0.721. The first-order valence-corrected chi connectivity index (χ1v) is 7.61. The van der Waals surface area contributed by atoms with Gasteiger partial charge in [0.15, 0.2) is 0 Å². The minimum absolute atomic E-state index is 0.321. The SMILES string of the molecule is CC(C)OCCCNCc1cnn(Cc2ccccc2)c1. The molecule has 0 saturated heterocycles. The van der Waals surface area contributed by atoms with E-state index >= 15 is 0 Å². The van der Waals surface area contributed by atoms with Crippen LogP contribution in [-0.2, 0) is 17.8 Å². The third-order valence-electron chi connectivity index (χ3n) is 3.15. The van der Waals surface area contributed by atoms with Crippen LogP contribution in [0.5, 0.6) is 0 Å². The summed E-state index contributed by atoms with van der Waals surface area (Å²) in [6, 6.07) is 10.4. The maximum absolute atomic E-state index is 5.51. The highest BCUT2D eigenvalue weighted by molar-refractivity contribution is 5.15. The van der Waals surface area contributed by atoms with Crippen LogP contribution in [0.4, 0.5) is 0 Å². The molecule has 0 fully saturated rings. The van der Waals surface area contributed by atoms with Crippen molar-refractivity contribution in [2.45, 2.75) is 39.5 Å². The number of rotatable bonds is 9. The van der Waals surface area contributed by atoms with Gasteiger partial charge in [-0.1, -0.05) is 30.3 Å². The number of nitrogens with one attached hydrogen (secondary N) is 1. The lowest BCUT2D eigenvalue weighted by Crippen LogP contribution is -2.17. The van der Waals surface area contributed by atoms with E-state index in [0.29, 0.717) is 6.10 Å². The predicted molar refractivity (Wildman–Crippen MR) is 85.2 cm³/mol. The van der Waals surface area contributed by atoms with Crippen molar-refractivity contribution in [1.82, 2.24) is 15.1 Å². The average molecular weight is 287 g/mol. The average Bonchev–Trinajstić information content (AvgIpc) is 2.91. The molecule has 4 nitrogen and oxygen atoms in total. The van der Waals surface area contributed by atoms with Crippen molar-refractivity contribution in [3.05, 3.63) is 53.9 Å². The van der Waals surface area contributed by atoms with Gasteiger partial charge in [-0.3, -0.25) is 4.68 Å². The summed E-state index contributed by atoms with van der Waals surface area (Å²) >= 11 is 0. The largest absolute Gasteiger partial charge is 0.379 e. The maximum atomic E-state index is 5.51. The number of benzene rings is 1. The minimum atomic E-state index is 0.321. The van der Waals surface area contributed by atoms with Crippen LogP contribution in [0, 0.1) is 0 Å². The van der Waals surface area contributed by atoms with Crippen LogP contribution in [0.3, 0.4) is 0 Å². The van der Waals surface area contributed by atoms with E-state index in [1.54, 1.807) is 0 Å². The van der Waals surface area contributed by atoms with E-state index in [-0.39, 0.29) is 0 Å². The zero-order valence-corrected chi connectivity index (χ0v) is 13.0. The summed E-state index contributed by atoms with van der Waals surface area (Å²) in [5, 5.41) is 7.82. The van der Waals surface area contributed by atoms with Crippen LogP contribution in [0.1, 0.15) is 31.4 Å². The van der Waals surface area contributed by atoms with Gasteiger partial charge in [0, 0.05) is 24.9 Å². The van der Waals surface area contributed by atoms with Crippen LogP contribution >= 0.6 is 0 Å². The fraction of sp³-hybridized carbons (Fsp3) is 0.471. The van der Waals surface area contributed by atoms with E-state index in [1.807, 2.05) is 16.9 Å². The lowest BCUT2D eigenvalue weighted by molar-refractivity contribution is 0.0770. The van der Waals surface area contributed by atoms with Gasteiger partial charge < -0.3 is 10.1 Å². The lowest BCUT2D eigenvalue weighted by Gasteiger charge is -2.07. The minimum Gasteiger partial charge on any atom is -0.379 e. The number of hydrogen-bond acceptors (Lipinski definition) is 3. The van der Waals surface area contributed by atoms with Gasteiger partial charge in [-0.2, -0.15) is 5.10 Å². The lowest BCUT2D eigenvalue weighted by atomic mass is 10.2. The van der Waals surface area contributed by atoms with Crippen molar-refractivity contribution in [2.75, 3.05) is 13.2 Å². The van der Waals surface area contributed by atoms with Gasteiger partial charge >= 0.3 is 0 Å². The van der Waals surface area contributed by atoms with Gasteiger partial charge in [-0.15, -0.1) is 0 Å². The van der Waals surface area contributed by atoms with Crippen molar-refractivity contribution in [2.24, 2.45) is 0 Å². The van der Waals surface area contributed by atoms with E-state index < -0.39 is 0 Å². The number of ether oxygens (including phenoxy) is 1. The fourth-order valence-corrected chi connectivity index (χ4v) is 2.10. The number of hydrogen-bond donors (Lipinski definition) is 1. The van der Waals surface area contributed by atoms with E-state index in [1.165, 1.54) is 11.1 Å². The van der Waals surface area contributed by atoms with E-state index in [0.717, 1.165) is 32.7 Å². The molecule has 1 aromatic carbocycles. The second-order valence-electron chi connectivity index (χ2n) is 5.48. The molecule has 0 radical (unpaired) electrons. The van der Waals surface area contributed by atoms with Gasteiger partial charge in [0.05, 0.1) is 18.8 Å². The molecule has 0 aliphatic heterocycles. The Labute approximate surface area is 127 Å². The maximum Gasteiger partial charge on any atom is 0.0659 e. The first-order valence-electron chi connectivity index (χ1n) is 7.61. The summed E-state index contributed by atoms with van der Waals surface area (Å²) in [4.78, 5) is 0. The van der Waals surface area contributed by atoms with Crippen LogP contribution in [0.25, 0.3) is 0 Å². The van der Waals surface area contributed by atoms with Gasteiger partial charge in [0.25, 0.3) is 0 Å². The molecule has 0 amide bonds. The molecular weight excluding hydrogens is 262 g/mol. The Morgan fingerprint density at radius 2 is 2.00 bits per heavy atom. The molecule has 0 atom stereocenters. The molecule has 0 unspecified atom stereocenters. The van der Waals surface area contributed by atoms with Gasteiger partial charge in [-0.25, -0.2) is 0 Å². The Kier molecular flexibility index (Phi) is 6.44. The zero-order chi connectivity index (χ0) is 14.9. The Hall–Kier alpha value is -1.65. The molecule has 0 bridgehead atoms. The van der Waals surface area contributed by atoms with Gasteiger partial charge in [0.1, 0.15) is 0 Å². The van der Waals surface area contributed by atoms with Crippen molar-refractivity contribution in [3.8, 4) is 0 Å². The molecule has 114 valence electrons. The van der Waals surface area contributed by atoms with Crippen LogP contribution in [-0.4, -0.2) is 29.0 Å². The van der Waals surface area contributed by atoms with Crippen LogP contribution in [0.15, 0.2) is 42.7 Å². The molecule has 1 aromatic heterocycles.